The Balaban J connectivity index is 1.34. The molecule has 37 heavy (non-hydrogen) atoms. The second kappa shape index (κ2) is 11.3. The molecule has 0 bridgehead atoms. The third-order valence-electron chi connectivity index (χ3n) is 6.68. The first-order chi connectivity index (χ1) is 17.6. The second-order valence-electron chi connectivity index (χ2n) is 10.5. The molecule has 0 atom stereocenters. The molecule has 3 aromatic rings. The summed E-state index contributed by atoms with van der Waals surface area (Å²) in [6.45, 7) is 6.91. The maximum Gasteiger partial charge on any atom is 0.410 e. The summed E-state index contributed by atoms with van der Waals surface area (Å²) >= 11 is 0. The maximum absolute atomic E-state index is 13.1. The van der Waals surface area contributed by atoms with Gasteiger partial charge in [-0.3, -0.25) is 4.79 Å². The van der Waals surface area contributed by atoms with Gasteiger partial charge in [-0.1, -0.05) is 11.2 Å². The van der Waals surface area contributed by atoms with Crippen molar-refractivity contribution in [3.8, 4) is 0 Å². The van der Waals surface area contributed by atoms with Crippen molar-refractivity contribution in [2.24, 2.45) is 5.92 Å². The van der Waals surface area contributed by atoms with Crippen LogP contribution in [-0.4, -0.2) is 45.9 Å². The monoisotopic (exact) mass is 511 g/mol. The molecule has 2 aromatic carbocycles. The molecule has 1 aliphatic heterocycles. The van der Waals surface area contributed by atoms with Crippen LogP contribution in [0.15, 0.2) is 40.9 Å². The average Bonchev–Trinajstić information content (AvgIpc) is 3.28. The fraction of sp³-hybridized carbons (Fsp3) is 0.464. The van der Waals surface area contributed by atoms with Gasteiger partial charge in [-0.05, 0) is 88.3 Å². The van der Waals surface area contributed by atoms with Crippen LogP contribution in [0.2, 0.25) is 0 Å². The number of hydrogen-bond donors (Lipinski definition) is 2. The number of aromatic nitrogens is 1. The second-order valence-corrected chi connectivity index (χ2v) is 10.5. The van der Waals surface area contributed by atoms with Crippen LogP contribution < -0.4 is 5.32 Å². The predicted molar refractivity (Wildman–Crippen MR) is 136 cm³/mol. The molecule has 0 radical (unpaired) electrons. The first kappa shape index (κ1) is 26.6. The first-order valence-corrected chi connectivity index (χ1v) is 12.7. The van der Waals surface area contributed by atoms with Crippen molar-refractivity contribution in [2.75, 3.05) is 13.1 Å². The number of ether oxygens (including phenoxy) is 1. The van der Waals surface area contributed by atoms with E-state index in [4.69, 9.17) is 9.26 Å². The highest BCUT2D eigenvalue weighted by molar-refractivity contribution is 5.94. The lowest BCUT2D eigenvalue weighted by atomic mass is 9.91. The summed E-state index contributed by atoms with van der Waals surface area (Å²) in [4.78, 5) is 26.5. The number of rotatable bonds is 7. The minimum Gasteiger partial charge on any atom is -0.444 e. The number of carbonyl (C=O) groups excluding carboxylic acids is 2. The Morgan fingerprint density at radius 1 is 1.16 bits per heavy atom. The van der Waals surface area contributed by atoms with Crippen molar-refractivity contribution < 1.29 is 28.3 Å². The summed E-state index contributed by atoms with van der Waals surface area (Å²) in [5.41, 5.74) is 2.52. The molecular weight excluding hydrogens is 477 g/mol. The Kier molecular flexibility index (Phi) is 8.12. The third-order valence-corrected chi connectivity index (χ3v) is 6.68. The minimum absolute atomic E-state index is 0.189. The number of carbonyl (C=O) groups is 2. The number of hydrogen-bond acceptors (Lipinski definition) is 6. The topological polar surface area (TPSA) is 105 Å². The molecule has 0 spiro atoms. The highest BCUT2D eigenvalue weighted by Gasteiger charge is 2.27. The van der Waals surface area contributed by atoms with E-state index < -0.39 is 11.4 Å². The van der Waals surface area contributed by atoms with E-state index in [9.17, 15) is 19.1 Å². The molecular formula is C28H34FN3O5. The summed E-state index contributed by atoms with van der Waals surface area (Å²) in [5.74, 6) is -0.263. The number of aliphatic hydroxyl groups is 1. The molecule has 0 saturated carbocycles. The summed E-state index contributed by atoms with van der Waals surface area (Å²) in [7, 11) is 0. The van der Waals surface area contributed by atoms with Gasteiger partial charge in [0.15, 0.2) is 5.58 Å². The quantitative estimate of drug-likeness (QED) is 0.464. The molecule has 8 nitrogen and oxygen atoms in total. The van der Waals surface area contributed by atoms with E-state index >= 15 is 0 Å². The van der Waals surface area contributed by atoms with Gasteiger partial charge in [0.2, 0.25) is 0 Å². The molecule has 1 fully saturated rings. The Hall–Kier alpha value is -3.46. The lowest BCUT2D eigenvalue weighted by Gasteiger charge is -2.33. The number of amides is 2. The van der Waals surface area contributed by atoms with Gasteiger partial charge in [-0.15, -0.1) is 0 Å². The van der Waals surface area contributed by atoms with Crippen molar-refractivity contribution in [1.29, 1.82) is 0 Å². The zero-order valence-corrected chi connectivity index (χ0v) is 21.6. The normalized spacial score (nSPS) is 14.7. The summed E-state index contributed by atoms with van der Waals surface area (Å²) in [6, 6.07) is 9.08. The van der Waals surface area contributed by atoms with Crippen LogP contribution in [0.3, 0.4) is 0 Å². The highest BCUT2D eigenvalue weighted by atomic mass is 19.1. The van der Waals surface area contributed by atoms with Crippen LogP contribution in [0, 0.1) is 11.7 Å². The van der Waals surface area contributed by atoms with Crippen LogP contribution >= 0.6 is 0 Å². The first-order valence-electron chi connectivity index (χ1n) is 12.7. The number of likely N-dealkylation sites (tertiary alicyclic amines) is 1. The van der Waals surface area contributed by atoms with Crippen LogP contribution in [0.5, 0.6) is 0 Å². The van der Waals surface area contributed by atoms with E-state index in [0.29, 0.717) is 35.7 Å². The number of nitrogens with zero attached hydrogens (tertiary/aromatic N) is 2. The molecule has 1 aliphatic rings. The Morgan fingerprint density at radius 3 is 2.51 bits per heavy atom. The summed E-state index contributed by atoms with van der Waals surface area (Å²) < 4.78 is 24.2. The van der Waals surface area contributed by atoms with Crippen LogP contribution in [0.4, 0.5) is 9.18 Å². The van der Waals surface area contributed by atoms with Crippen molar-refractivity contribution in [3.63, 3.8) is 0 Å². The lowest BCUT2D eigenvalue weighted by molar-refractivity contribution is 0.0181. The number of aliphatic hydroxyl groups excluding tert-OH is 1. The van der Waals surface area contributed by atoms with Gasteiger partial charge in [0.05, 0.1) is 12.3 Å². The molecule has 9 heteroatoms. The standard InChI is InChI=1S/C28H34FN3O5/c1-28(2,3)36-27(35)32-14-12-18(13-15-32)4-11-24-22-10-7-20(23(17-33)25(22)37-31-24)16-30-26(34)19-5-8-21(29)9-6-19/h5-10,18,33H,4,11-17H2,1-3H3,(H,30,34). The van der Waals surface area contributed by atoms with E-state index in [-0.39, 0.29) is 25.2 Å². The van der Waals surface area contributed by atoms with Gasteiger partial charge >= 0.3 is 6.09 Å². The predicted octanol–water partition coefficient (Wildman–Crippen LogP) is 4.97. The Morgan fingerprint density at radius 2 is 1.86 bits per heavy atom. The van der Waals surface area contributed by atoms with Crippen molar-refractivity contribution >= 4 is 23.0 Å². The van der Waals surface area contributed by atoms with Crippen molar-refractivity contribution in [3.05, 3.63) is 64.6 Å². The van der Waals surface area contributed by atoms with Crippen LogP contribution in [0.1, 0.15) is 67.2 Å². The van der Waals surface area contributed by atoms with Crippen LogP contribution in [0.25, 0.3) is 11.0 Å². The van der Waals surface area contributed by atoms with Crippen molar-refractivity contribution in [1.82, 2.24) is 15.4 Å². The SMILES string of the molecule is CC(C)(C)OC(=O)N1CCC(CCc2noc3c(CO)c(CNC(=O)c4ccc(F)cc4)ccc23)CC1. The highest BCUT2D eigenvalue weighted by Crippen LogP contribution is 2.29. The third kappa shape index (κ3) is 6.65. The van der Waals surface area contributed by atoms with Gasteiger partial charge in [0, 0.05) is 36.1 Å². The Bertz CT molecular complexity index is 1240. The van der Waals surface area contributed by atoms with E-state index in [1.165, 1.54) is 24.3 Å². The zero-order chi connectivity index (χ0) is 26.6. The van der Waals surface area contributed by atoms with E-state index in [0.717, 1.165) is 42.3 Å². The number of piperidine rings is 1. The fourth-order valence-electron chi connectivity index (χ4n) is 4.62. The molecule has 0 aliphatic carbocycles. The largest absolute Gasteiger partial charge is 0.444 e. The Labute approximate surface area is 215 Å². The van der Waals surface area contributed by atoms with Crippen LogP contribution in [-0.2, 0) is 24.3 Å². The van der Waals surface area contributed by atoms with Gasteiger partial charge in [0.1, 0.15) is 11.4 Å². The molecule has 1 aromatic heterocycles. The van der Waals surface area contributed by atoms with Crippen molar-refractivity contribution in [2.45, 2.75) is 65.2 Å². The number of nitrogens with one attached hydrogen (secondary N) is 1. The number of halogens is 1. The number of benzene rings is 2. The smallest absolute Gasteiger partial charge is 0.410 e. The molecule has 198 valence electrons. The van der Waals surface area contributed by atoms with Gasteiger partial charge in [0.25, 0.3) is 5.91 Å². The number of fused-ring (bicyclic) bond motifs is 1. The average molecular weight is 512 g/mol. The molecule has 2 heterocycles. The maximum atomic E-state index is 13.1. The van der Waals surface area contributed by atoms with E-state index in [1.807, 2.05) is 32.9 Å². The number of aryl methyl sites for hydroxylation is 1. The molecule has 4 rings (SSSR count). The van der Waals surface area contributed by atoms with E-state index in [2.05, 4.69) is 10.5 Å². The molecule has 0 unspecified atom stereocenters. The summed E-state index contributed by atoms with van der Waals surface area (Å²) in [5, 5.41) is 18.0. The molecule has 2 amide bonds. The zero-order valence-electron chi connectivity index (χ0n) is 21.6. The van der Waals surface area contributed by atoms with Gasteiger partial charge in [-0.25, -0.2) is 9.18 Å². The fourth-order valence-corrected chi connectivity index (χ4v) is 4.62. The van der Waals surface area contributed by atoms with Gasteiger partial charge in [-0.2, -0.15) is 0 Å². The van der Waals surface area contributed by atoms with E-state index in [1.54, 1.807) is 4.90 Å². The molecule has 1 saturated heterocycles. The molecule has 2 N–H and O–H groups in total. The van der Waals surface area contributed by atoms with Gasteiger partial charge < -0.3 is 24.6 Å². The minimum atomic E-state index is -0.497. The summed E-state index contributed by atoms with van der Waals surface area (Å²) in [6.07, 6.45) is 3.22. The lowest BCUT2D eigenvalue weighted by Crippen LogP contribution is -2.41.